The first-order valence-corrected chi connectivity index (χ1v) is 10.5. The predicted molar refractivity (Wildman–Crippen MR) is 98.7 cm³/mol. The van der Waals surface area contributed by atoms with E-state index in [0.29, 0.717) is 18.7 Å². The summed E-state index contributed by atoms with van der Waals surface area (Å²) in [5.74, 6) is -0.211. The van der Waals surface area contributed by atoms with Crippen LogP contribution in [0.2, 0.25) is 0 Å². The Morgan fingerprint density at radius 2 is 2.04 bits per heavy atom. The molecule has 2 N–H and O–H groups in total. The van der Waals surface area contributed by atoms with Crippen LogP contribution in [0.3, 0.4) is 0 Å². The van der Waals surface area contributed by atoms with Crippen LogP contribution in [0.5, 0.6) is 0 Å². The second-order valence-electron chi connectivity index (χ2n) is 6.79. The van der Waals surface area contributed by atoms with Gasteiger partial charge in [-0.15, -0.1) is 0 Å². The number of amides is 1. The van der Waals surface area contributed by atoms with Gasteiger partial charge in [0.05, 0.1) is 10.9 Å². The van der Waals surface area contributed by atoms with Gasteiger partial charge < -0.3 is 10.2 Å². The largest absolute Gasteiger partial charge is 0.344 e. The van der Waals surface area contributed by atoms with Crippen molar-refractivity contribution >= 4 is 15.7 Å². The van der Waals surface area contributed by atoms with Crippen molar-refractivity contribution in [2.24, 2.45) is 0 Å². The number of rotatable bonds is 5. The molecule has 140 valence electrons. The van der Waals surface area contributed by atoms with Crippen molar-refractivity contribution in [1.29, 1.82) is 0 Å². The molecule has 1 unspecified atom stereocenters. The number of sulfone groups is 1. The molecule has 3 rings (SSSR count). The van der Waals surface area contributed by atoms with Gasteiger partial charge in [0.2, 0.25) is 0 Å². The molecule has 0 aliphatic carbocycles. The maximum atomic E-state index is 12.7. The van der Waals surface area contributed by atoms with Crippen LogP contribution in [0.4, 0.5) is 0 Å². The fourth-order valence-electron chi connectivity index (χ4n) is 3.21. The quantitative estimate of drug-likeness (QED) is 0.828. The molecule has 0 saturated carbocycles. The lowest BCUT2D eigenvalue weighted by Crippen LogP contribution is -2.31. The first-order chi connectivity index (χ1) is 12.3. The van der Waals surface area contributed by atoms with E-state index in [2.05, 4.69) is 20.4 Å². The number of fused-ring (bicyclic) bond motifs is 1. The molecule has 1 amide bonds. The summed E-state index contributed by atoms with van der Waals surface area (Å²) < 4.78 is 23.2. The SMILES string of the molecule is CCC(NC(=O)c1n[nH]c2c1CN(C)CC2)c1ccc(S(C)(=O)=O)cc1. The van der Waals surface area contributed by atoms with Gasteiger partial charge in [0, 0.05) is 37.0 Å². The summed E-state index contributed by atoms with van der Waals surface area (Å²) in [6.07, 6.45) is 2.73. The summed E-state index contributed by atoms with van der Waals surface area (Å²) in [5, 5.41) is 10.2. The smallest absolute Gasteiger partial charge is 0.272 e. The summed E-state index contributed by atoms with van der Waals surface area (Å²) in [5.41, 5.74) is 3.30. The Bertz CT molecular complexity index is 903. The number of nitrogens with zero attached hydrogens (tertiary/aromatic N) is 2. The van der Waals surface area contributed by atoms with E-state index in [-0.39, 0.29) is 16.8 Å². The molecule has 1 aromatic carbocycles. The standard InChI is InChI=1S/C18H24N4O3S/c1-4-15(12-5-7-13(8-6-12)26(3,24)25)19-18(23)17-14-11-22(2)10-9-16(14)20-21-17/h5-8,15H,4,9-11H2,1-3H3,(H,19,23)(H,20,21). The molecule has 0 radical (unpaired) electrons. The summed E-state index contributed by atoms with van der Waals surface area (Å²) in [7, 11) is -1.21. The highest BCUT2D eigenvalue weighted by Crippen LogP contribution is 2.22. The molecule has 1 aliphatic heterocycles. The molecule has 1 aliphatic rings. The number of hydrogen-bond donors (Lipinski definition) is 2. The first-order valence-electron chi connectivity index (χ1n) is 8.65. The molecule has 1 atom stereocenters. The summed E-state index contributed by atoms with van der Waals surface area (Å²) in [6.45, 7) is 3.62. The van der Waals surface area contributed by atoms with Gasteiger partial charge in [-0.25, -0.2) is 8.42 Å². The van der Waals surface area contributed by atoms with E-state index in [9.17, 15) is 13.2 Å². The number of hydrogen-bond acceptors (Lipinski definition) is 5. The third kappa shape index (κ3) is 3.81. The molecule has 8 heteroatoms. The van der Waals surface area contributed by atoms with Gasteiger partial charge in [0.25, 0.3) is 5.91 Å². The average Bonchev–Trinajstić information content (AvgIpc) is 3.02. The number of aromatic nitrogens is 2. The Morgan fingerprint density at radius 3 is 2.65 bits per heavy atom. The van der Waals surface area contributed by atoms with Crippen LogP contribution < -0.4 is 5.32 Å². The van der Waals surface area contributed by atoms with Crippen LogP contribution in [-0.4, -0.2) is 49.3 Å². The maximum Gasteiger partial charge on any atom is 0.272 e. The Hall–Kier alpha value is -2.19. The lowest BCUT2D eigenvalue weighted by Gasteiger charge is -2.23. The highest BCUT2D eigenvalue weighted by atomic mass is 32.2. The lowest BCUT2D eigenvalue weighted by atomic mass is 10.0. The molecular weight excluding hydrogens is 352 g/mol. The maximum absolute atomic E-state index is 12.7. The molecule has 1 aromatic heterocycles. The lowest BCUT2D eigenvalue weighted by molar-refractivity contribution is 0.0928. The number of nitrogens with one attached hydrogen (secondary N) is 2. The average molecular weight is 376 g/mol. The van der Waals surface area contributed by atoms with Crippen molar-refractivity contribution in [3.05, 3.63) is 46.8 Å². The van der Waals surface area contributed by atoms with Crippen molar-refractivity contribution < 1.29 is 13.2 Å². The van der Waals surface area contributed by atoms with Gasteiger partial charge in [-0.1, -0.05) is 19.1 Å². The summed E-state index contributed by atoms with van der Waals surface area (Å²) >= 11 is 0. The molecule has 2 heterocycles. The molecule has 0 saturated heterocycles. The number of benzene rings is 1. The van der Waals surface area contributed by atoms with Gasteiger partial charge in [-0.05, 0) is 31.2 Å². The van der Waals surface area contributed by atoms with E-state index in [4.69, 9.17) is 0 Å². The topological polar surface area (TPSA) is 95.2 Å². The van der Waals surface area contributed by atoms with E-state index in [0.717, 1.165) is 29.8 Å². The van der Waals surface area contributed by atoms with Gasteiger partial charge in [-0.3, -0.25) is 9.89 Å². The highest BCUT2D eigenvalue weighted by molar-refractivity contribution is 7.90. The molecule has 0 fully saturated rings. The number of carbonyl (C=O) groups is 1. The van der Waals surface area contributed by atoms with Crippen LogP contribution in [0.25, 0.3) is 0 Å². The van der Waals surface area contributed by atoms with Crippen molar-refractivity contribution in [2.45, 2.75) is 37.2 Å². The molecular formula is C18H24N4O3S. The fourth-order valence-corrected chi connectivity index (χ4v) is 3.84. The van der Waals surface area contributed by atoms with Gasteiger partial charge in [-0.2, -0.15) is 5.10 Å². The monoisotopic (exact) mass is 376 g/mol. The van der Waals surface area contributed by atoms with E-state index in [1.165, 1.54) is 6.26 Å². The second-order valence-corrected chi connectivity index (χ2v) is 8.81. The van der Waals surface area contributed by atoms with Gasteiger partial charge in [0.15, 0.2) is 15.5 Å². The van der Waals surface area contributed by atoms with E-state index in [1.807, 2.05) is 14.0 Å². The van der Waals surface area contributed by atoms with Crippen LogP contribution in [-0.2, 0) is 22.8 Å². The Balaban J connectivity index is 1.78. The summed E-state index contributed by atoms with van der Waals surface area (Å²) in [6, 6.07) is 6.44. The molecule has 26 heavy (non-hydrogen) atoms. The zero-order valence-electron chi connectivity index (χ0n) is 15.2. The Morgan fingerprint density at radius 1 is 1.35 bits per heavy atom. The molecule has 7 nitrogen and oxygen atoms in total. The normalized spacial score (nSPS) is 16.1. The van der Waals surface area contributed by atoms with Crippen LogP contribution in [0.1, 0.15) is 46.7 Å². The summed E-state index contributed by atoms with van der Waals surface area (Å²) in [4.78, 5) is 15.2. The van der Waals surface area contributed by atoms with Crippen molar-refractivity contribution in [2.75, 3.05) is 19.8 Å². The number of H-pyrrole nitrogens is 1. The van der Waals surface area contributed by atoms with Crippen LogP contribution in [0, 0.1) is 0 Å². The van der Waals surface area contributed by atoms with E-state index < -0.39 is 9.84 Å². The molecule has 0 bridgehead atoms. The second kappa shape index (κ2) is 7.20. The van der Waals surface area contributed by atoms with Crippen LogP contribution >= 0.6 is 0 Å². The number of likely N-dealkylation sites (N-methyl/N-ethyl adjacent to an activating group) is 1. The molecule has 2 aromatic rings. The fraction of sp³-hybridized carbons (Fsp3) is 0.444. The van der Waals surface area contributed by atoms with Crippen molar-refractivity contribution in [3.63, 3.8) is 0 Å². The minimum Gasteiger partial charge on any atom is -0.344 e. The minimum absolute atomic E-state index is 0.204. The number of carbonyl (C=O) groups excluding carboxylic acids is 1. The number of aromatic amines is 1. The van der Waals surface area contributed by atoms with E-state index >= 15 is 0 Å². The highest BCUT2D eigenvalue weighted by Gasteiger charge is 2.25. The Labute approximate surface area is 153 Å². The zero-order valence-corrected chi connectivity index (χ0v) is 16.1. The van der Waals surface area contributed by atoms with Crippen molar-refractivity contribution in [1.82, 2.24) is 20.4 Å². The predicted octanol–water partition coefficient (Wildman–Crippen LogP) is 1.68. The first kappa shape index (κ1) is 18.6. The van der Waals surface area contributed by atoms with Crippen molar-refractivity contribution in [3.8, 4) is 0 Å². The third-order valence-electron chi connectivity index (χ3n) is 4.76. The third-order valence-corrected chi connectivity index (χ3v) is 5.89. The van der Waals surface area contributed by atoms with Crippen LogP contribution in [0.15, 0.2) is 29.2 Å². The van der Waals surface area contributed by atoms with Gasteiger partial charge in [0.1, 0.15) is 0 Å². The zero-order chi connectivity index (χ0) is 18.9. The minimum atomic E-state index is -3.23. The Kier molecular flexibility index (Phi) is 5.15. The molecule has 0 spiro atoms. The van der Waals surface area contributed by atoms with Gasteiger partial charge >= 0.3 is 0 Å². The van der Waals surface area contributed by atoms with E-state index in [1.54, 1.807) is 24.3 Å².